The molecule has 0 aliphatic rings. The van der Waals surface area contributed by atoms with Gasteiger partial charge in [0.1, 0.15) is 0 Å². The normalized spacial score (nSPS) is 15.8. The van der Waals surface area contributed by atoms with Crippen LogP contribution in [0.5, 0.6) is 0 Å². The first-order chi connectivity index (χ1) is 4.46. The number of hydrogen-bond donors (Lipinski definition) is 1. The van der Waals surface area contributed by atoms with Gasteiger partial charge in [0.25, 0.3) is 0 Å². The van der Waals surface area contributed by atoms with E-state index in [0.717, 1.165) is 6.92 Å². The molecule has 0 saturated heterocycles. The topological polar surface area (TPSA) is 106 Å². The maximum Gasteiger partial charge on any atom is 0.0588 e. The maximum atomic E-state index is 9.96. The summed E-state index contributed by atoms with van der Waals surface area (Å²) in [5, 5.41) is 19.9. The van der Waals surface area contributed by atoms with E-state index in [1.165, 1.54) is 0 Å². The highest BCUT2D eigenvalue weighted by atomic mass is 16.4. The minimum absolute atomic E-state index is 1.15. The highest BCUT2D eigenvalue weighted by molar-refractivity contribution is 5.79. The Labute approximate surface area is 57.5 Å². The Hall–Kier alpha value is -1.10. The third-order valence-electron chi connectivity index (χ3n) is 1.18. The monoisotopic (exact) mass is 145 g/mol. The molecule has 0 aliphatic heterocycles. The van der Waals surface area contributed by atoms with E-state index in [1.54, 1.807) is 0 Å². The van der Waals surface area contributed by atoms with Gasteiger partial charge >= 0.3 is 0 Å². The Balaban J connectivity index is 4.07. The van der Waals surface area contributed by atoms with E-state index in [9.17, 15) is 19.8 Å². The van der Waals surface area contributed by atoms with Crippen molar-refractivity contribution in [2.45, 2.75) is 13.0 Å². The third kappa shape index (κ3) is 2.02. The van der Waals surface area contributed by atoms with Crippen molar-refractivity contribution in [2.24, 2.45) is 11.7 Å². The van der Waals surface area contributed by atoms with Gasteiger partial charge in [0, 0.05) is 11.9 Å². The van der Waals surface area contributed by atoms with Crippen molar-refractivity contribution in [3.63, 3.8) is 0 Å². The van der Waals surface area contributed by atoms with E-state index in [0.29, 0.717) is 0 Å². The van der Waals surface area contributed by atoms with Crippen LogP contribution < -0.4 is 15.9 Å². The standard InChI is InChI=1S/C5H9NO4/c1-2(4(7)8)3(6)5(9)10/h2-3H,6H2,1H3,(H,7,8)(H,9,10)/p-2/t2-,3+/m1/s1. The van der Waals surface area contributed by atoms with Gasteiger partial charge in [-0.15, -0.1) is 0 Å². The molecule has 0 aliphatic carbocycles. The zero-order valence-electron chi connectivity index (χ0n) is 5.37. The number of carbonyl (C=O) groups is 2. The first-order valence-corrected chi connectivity index (χ1v) is 2.64. The molecule has 0 saturated carbocycles. The largest absolute Gasteiger partial charge is 0.550 e. The highest BCUT2D eigenvalue weighted by Gasteiger charge is 2.13. The van der Waals surface area contributed by atoms with Gasteiger partial charge in [-0.1, -0.05) is 6.92 Å². The predicted octanol–water partition coefficient (Wildman–Crippen LogP) is -3.55. The van der Waals surface area contributed by atoms with Crippen LogP contribution in [0.3, 0.4) is 0 Å². The highest BCUT2D eigenvalue weighted by Crippen LogP contribution is 1.96. The van der Waals surface area contributed by atoms with Crippen molar-refractivity contribution < 1.29 is 19.8 Å². The average molecular weight is 145 g/mol. The van der Waals surface area contributed by atoms with Gasteiger partial charge in [0.05, 0.1) is 12.0 Å². The maximum absolute atomic E-state index is 9.96. The van der Waals surface area contributed by atoms with Crippen molar-refractivity contribution in [2.75, 3.05) is 0 Å². The van der Waals surface area contributed by atoms with E-state index >= 15 is 0 Å². The summed E-state index contributed by atoms with van der Waals surface area (Å²) in [6.45, 7) is 1.15. The molecule has 0 rings (SSSR count). The summed E-state index contributed by atoms with van der Waals surface area (Å²) >= 11 is 0. The molecule has 0 fully saturated rings. The molecule has 2 atom stereocenters. The molecule has 0 aromatic carbocycles. The predicted molar refractivity (Wildman–Crippen MR) is 27.2 cm³/mol. The first kappa shape index (κ1) is 8.90. The van der Waals surface area contributed by atoms with Crippen LogP contribution in [0.2, 0.25) is 0 Å². The molecule has 58 valence electrons. The van der Waals surface area contributed by atoms with Gasteiger partial charge in [-0.3, -0.25) is 0 Å². The summed E-state index contributed by atoms with van der Waals surface area (Å²) in [5.41, 5.74) is 4.88. The fourth-order valence-corrected chi connectivity index (χ4v) is 0.351. The molecule has 0 unspecified atom stereocenters. The van der Waals surface area contributed by atoms with E-state index in [2.05, 4.69) is 0 Å². The zero-order valence-corrected chi connectivity index (χ0v) is 5.37. The molecule has 0 amide bonds. The summed E-state index contributed by atoms with van der Waals surface area (Å²) in [4.78, 5) is 19.9. The van der Waals surface area contributed by atoms with Crippen LogP contribution in [0, 0.1) is 5.92 Å². The number of rotatable bonds is 3. The molecular weight excluding hydrogens is 138 g/mol. The lowest BCUT2D eigenvalue weighted by Crippen LogP contribution is -2.51. The summed E-state index contributed by atoms with van der Waals surface area (Å²) in [5.74, 6) is -4.29. The molecule has 2 N–H and O–H groups in total. The molecule has 0 aromatic rings. The number of carboxylic acid groups (broad SMARTS) is 2. The van der Waals surface area contributed by atoms with Gasteiger partial charge in [-0.2, -0.15) is 0 Å². The fourth-order valence-electron chi connectivity index (χ4n) is 0.351. The molecule has 0 spiro atoms. The number of aliphatic carboxylic acids is 2. The van der Waals surface area contributed by atoms with Crippen molar-refractivity contribution in [1.82, 2.24) is 0 Å². The Morgan fingerprint density at radius 3 is 1.80 bits per heavy atom. The molecule has 0 aromatic heterocycles. The van der Waals surface area contributed by atoms with Crippen molar-refractivity contribution in [3.8, 4) is 0 Å². The molecule has 0 bridgehead atoms. The quantitative estimate of drug-likeness (QED) is 0.442. The van der Waals surface area contributed by atoms with Crippen LogP contribution in [-0.2, 0) is 9.59 Å². The third-order valence-corrected chi connectivity index (χ3v) is 1.18. The second-order valence-corrected chi connectivity index (χ2v) is 1.95. The van der Waals surface area contributed by atoms with Gasteiger partial charge in [-0.25, -0.2) is 0 Å². The summed E-state index contributed by atoms with van der Waals surface area (Å²) in [7, 11) is 0. The number of carboxylic acids is 2. The van der Waals surface area contributed by atoms with Gasteiger partial charge < -0.3 is 25.5 Å². The van der Waals surface area contributed by atoms with E-state index in [4.69, 9.17) is 5.73 Å². The minimum Gasteiger partial charge on any atom is -0.550 e. The fraction of sp³-hybridized carbons (Fsp3) is 0.600. The van der Waals surface area contributed by atoms with Crippen LogP contribution in [0.25, 0.3) is 0 Å². The van der Waals surface area contributed by atoms with Gasteiger partial charge in [-0.05, 0) is 0 Å². The molecule has 0 radical (unpaired) electrons. The zero-order chi connectivity index (χ0) is 8.31. The van der Waals surface area contributed by atoms with Crippen molar-refractivity contribution in [1.29, 1.82) is 0 Å². The lowest BCUT2D eigenvalue weighted by Gasteiger charge is -2.20. The number of nitrogens with two attached hydrogens (primary N) is 1. The molecule has 5 heteroatoms. The average Bonchev–Trinajstić information content (AvgIpc) is 1.84. The Morgan fingerprint density at radius 1 is 1.30 bits per heavy atom. The molecule has 0 heterocycles. The Bertz CT molecular complexity index is 138. The lowest BCUT2D eigenvalue weighted by atomic mass is 10.0. The van der Waals surface area contributed by atoms with E-state index in [-0.39, 0.29) is 0 Å². The number of hydrogen-bond acceptors (Lipinski definition) is 5. The number of carbonyl (C=O) groups excluding carboxylic acids is 2. The summed E-state index contributed by atoms with van der Waals surface area (Å²) in [6, 6.07) is -1.50. The molecule has 5 nitrogen and oxygen atoms in total. The van der Waals surface area contributed by atoms with Crippen LogP contribution in [-0.4, -0.2) is 18.0 Å². The Morgan fingerprint density at radius 2 is 1.70 bits per heavy atom. The summed E-state index contributed by atoms with van der Waals surface area (Å²) in [6.07, 6.45) is 0. The van der Waals surface area contributed by atoms with Gasteiger partial charge in [0.2, 0.25) is 0 Å². The molecule has 10 heavy (non-hydrogen) atoms. The van der Waals surface area contributed by atoms with Gasteiger partial charge in [0.15, 0.2) is 0 Å². The molecular formula is C5H7NO4-2. The van der Waals surface area contributed by atoms with Crippen molar-refractivity contribution >= 4 is 11.9 Å². The first-order valence-electron chi connectivity index (χ1n) is 2.64. The van der Waals surface area contributed by atoms with Crippen LogP contribution in [0.4, 0.5) is 0 Å². The van der Waals surface area contributed by atoms with E-state index in [1.807, 2.05) is 0 Å². The SMILES string of the molecule is C[C@@H](C(=O)[O-])[C@H](N)C(=O)[O-]. The Kier molecular flexibility index (Phi) is 2.82. The minimum atomic E-state index is -1.59. The second-order valence-electron chi connectivity index (χ2n) is 1.95. The van der Waals surface area contributed by atoms with Crippen molar-refractivity contribution in [3.05, 3.63) is 0 Å². The van der Waals surface area contributed by atoms with E-state index < -0.39 is 23.9 Å². The summed E-state index contributed by atoms with van der Waals surface area (Å²) < 4.78 is 0. The second kappa shape index (κ2) is 3.17. The smallest absolute Gasteiger partial charge is 0.0588 e. The van der Waals surface area contributed by atoms with Crippen LogP contribution >= 0.6 is 0 Å². The lowest BCUT2D eigenvalue weighted by molar-refractivity contribution is -0.321. The van der Waals surface area contributed by atoms with Crippen LogP contribution in [0.15, 0.2) is 0 Å². The van der Waals surface area contributed by atoms with Crippen LogP contribution in [0.1, 0.15) is 6.92 Å².